The molecule has 1 heterocycles. The fraction of sp³-hybridized carbons (Fsp3) is 0.316. The van der Waals surface area contributed by atoms with Crippen molar-refractivity contribution in [2.75, 3.05) is 25.3 Å². The van der Waals surface area contributed by atoms with Crippen LogP contribution in [-0.2, 0) is 6.54 Å². The molecule has 1 aliphatic heterocycles. The molecule has 0 spiro atoms. The van der Waals surface area contributed by atoms with Gasteiger partial charge in [-0.15, -0.1) is 0 Å². The van der Waals surface area contributed by atoms with Gasteiger partial charge < -0.3 is 29.6 Å². The molecular formula is C19H22N2O4S. The highest BCUT2D eigenvalue weighted by atomic mass is 32.1. The molecule has 0 saturated carbocycles. The van der Waals surface area contributed by atoms with Crippen molar-refractivity contribution in [3.05, 3.63) is 42.0 Å². The zero-order valence-corrected chi connectivity index (χ0v) is 15.7. The van der Waals surface area contributed by atoms with Gasteiger partial charge in [-0.05, 0) is 55.9 Å². The molecule has 26 heavy (non-hydrogen) atoms. The molecule has 2 N–H and O–H groups in total. The van der Waals surface area contributed by atoms with Crippen LogP contribution in [0.3, 0.4) is 0 Å². The number of thiocarbonyl (C=S) groups is 1. The first kappa shape index (κ1) is 18.1. The minimum Gasteiger partial charge on any atom is -0.490 e. The van der Waals surface area contributed by atoms with Crippen LogP contribution < -0.4 is 29.6 Å². The molecule has 1 aliphatic rings. The molecule has 0 aromatic heterocycles. The molecule has 6 nitrogen and oxygen atoms in total. The number of fused-ring (bicyclic) bond motifs is 1. The summed E-state index contributed by atoms with van der Waals surface area (Å²) < 4.78 is 21.9. The summed E-state index contributed by atoms with van der Waals surface area (Å²) in [5.74, 6) is 2.94. The van der Waals surface area contributed by atoms with E-state index < -0.39 is 0 Å². The third kappa shape index (κ3) is 4.49. The Kier molecular flexibility index (Phi) is 6.01. The Hall–Kier alpha value is -2.67. The first-order chi connectivity index (χ1) is 12.7. The maximum atomic E-state index is 5.65. The lowest BCUT2D eigenvalue weighted by atomic mass is 10.2. The highest BCUT2D eigenvalue weighted by Gasteiger charge is 2.13. The minimum absolute atomic E-state index is 0.251. The average molecular weight is 374 g/mol. The van der Waals surface area contributed by atoms with Gasteiger partial charge in [-0.2, -0.15) is 0 Å². The van der Waals surface area contributed by atoms with E-state index >= 15 is 0 Å². The molecule has 2 aromatic rings. The Balaban J connectivity index is 1.57. The monoisotopic (exact) mass is 374 g/mol. The zero-order chi connectivity index (χ0) is 18.4. The predicted octanol–water partition coefficient (Wildman–Crippen LogP) is 3.70. The number of nitrogens with one attached hydrogen (secondary N) is 2. The van der Waals surface area contributed by atoms with Gasteiger partial charge >= 0.3 is 0 Å². The van der Waals surface area contributed by atoms with Crippen molar-refractivity contribution in [2.45, 2.75) is 20.4 Å². The molecule has 0 unspecified atom stereocenters. The number of rotatable bonds is 7. The fourth-order valence-corrected chi connectivity index (χ4v) is 2.73. The lowest BCUT2D eigenvalue weighted by Gasteiger charge is -2.14. The molecule has 0 saturated heterocycles. The minimum atomic E-state index is 0.251. The van der Waals surface area contributed by atoms with Gasteiger partial charge in [-0.3, -0.25) is 0 Å². The molecule has 2 aromatic carbocycles. The van der Waals surface area contributed by atoms with E-state index in [1.807, 2.05) is 50.2 Å². The van der Waals surface area contributed by atoms with Crippen LogP contribution in [0.2, 0.25) is 0 Å². The van der Waals surface area contributed by atoms with Crippen LogP contribution in [0.25, 0.3) is 0 Å². The molecule has 138 valence electrons. The van der Waals surface area contributed by atoms with Crippen LogP contribution in [0, 0.1) is 0 Å². The Morgan fingerprint density at radius 3 is 2.58 bits per heavy atom. The van der Waals surface area contributed by atoms with E-state index in [2.05, 4.69) is 10.6 Å². The molecule has 0 bridgehead atoms. The second-order valence-corrected chi connectivity index (χ2v) is 5.93. The van der Waals surface area contributed by atoms with Crippen molar-refractivity contribution >= 4 is 23.0 Å². The lowest BCUT2D eigenvalue weighted by molar-refractivity contribution is 0.174. The zero-order valence-electron chi connectivity index (χ0n) is 14.8. The highest BCUT2D eigenvalue weighted by Crippen LogP contribution is 2.34. The van der Waals surface area contributed by atoms with Gasteiger partial charge in [-0.1, -0.05) is 6.07 Å². The molecule has 0 atom stereocenters. The first-order valence-corrected chi connectivity index (χ1v) is 8.93. The average Bonchev–Trinajstić information content (AvgIpc) is 3.10. The van der Waals surface area contributed by atoms with E-state index in [1.54, 1.807) is 0 Å². The number of benzene rings is 2. The topological polar surface area (TPSA) is 61.0 Å². The number of ether oxygens (including phenoxy) is 4. The summed E-state index contributed by atoms with van der Waals surface area (Å²) >= 11 is 5.36. The molecule has 0 fully saturated rings. The van der Waals surface area contributed by atoms with Crippen molar-refractivity contribution in [2.24, 2.45) is 0 Å². The SMILES string of the molecule is CCOc1ccc(CNC(=S)Nc2ccc3c(c2)OCO3)cc1OCC. The van der Waals surface area contributed by atoms with Gasteiger partial charge in [0.05, 0.1) is 13.2 Å². The van der Waals surface area contributed by atoms with E-state index in [4.69, 9.17) is 31.2 Å². The van der Waals surface area contributed by atoms with E-state index in [-0.39, 0.29) is 6.79 Å². The van der Waals surface area contributed by atoms with Crippen LogP contribution >= 0.6 is 12.2 Å². The fourth-order valence-electron chi connectivity index (χ4n) is 2.54. The third-order valence-electron chi connectivity index (χ3n) is 3.69. The Morgan fingerprint density at radius 2 is 1.77 bits per heavy atom. The highest BCUT2D eigenvalue weighted by molar-refractivity contribution is 7.80. The molecular weight excluding hydrogens is 352 g/mol. The quantitative estimate of drug-likeness (QED) is 0.717. The second-order valence-electron chi connectivity index (χ2n) is 5.52. The summed E-state index contributed by atoms with van der Waals surface area (Å²) in [5.41, 5.74) is 1.89. The summed E-state index contributed by atoms with van der Waals surface area (Å²) in [6, 6.07) is 11.5. The van der Waals surface area contributed by atoms with Gasteiger partial charge in [0.1, 0.15) is 0 Å². The van der Waals surface area contributed by atoms with Gasteiger partial charge in [0.15, 0.2) is 28.1 Å². The van der Waals surface area contributed by atoms with Crippen LogP contribution in [0.5, 0.6) is 23.0 Å². The summed E-state index contributed by atoms with van der Waals surface area (Å²) in [6.45, 7) is 5.91. The summed E-state index contributed by atoms with van der Waals surface area (Å²) in [7, 11) is 0. The van der Waals surface area contributed by atoms with Crippen LogP contribution in [0.15, 0.2) is 36.4 Å². The predicted molar refractivity (Wildman–Crippen MR) is 104 cm³/mol. The van der Waals surface area contributed by atoms with Crippen molar-refractivity contribution in [3.63, 3.8) is 0 Å². The van der Waals surface area contributed by atoms with Crippen LogP contribution in [0.1, 0.15) is 19.4 Å². The van der Waals surface area contributed by atoms with Crippen molar-refractivity contribution in [1.82, 2.24) is 5.32 Å². The van der Waals surface area contributed by atoms with E-state index in [0.717, 1.165) is 28.5 Å². The molecule has 0 aliphatic carbocycles. The Bertz CT molecular complexity index is 782. The lowest BCUT2D eigenvalue weighted by Crippen LogP contribution is -2.27. The smallest absolute Gasteiger partial charge is 0.231 e. The number of anilines is 1. The van der Waals surface area contributed by atoms with Crippen LogP contribution in [0.4, 0.5) is 5.69 Å². The second kappa shape index (κ2) is 8.62. The van der Waals surface area contributed by atoms with Crippen LogP contribution in [-0.4, -0.2) is 25.1 Å². The first-order valence-electron chi connectivity index (χ1n) is 8.52. The molecule has 3 rings (SSSR count). The van der Waals surface area contributed by atoms with Gasteiger partial charge in [0.2, 0.25) is 6.79 Å². The standard InChI is InChI=1S/C19H22N2O4S/c1-3-22-15-7-5-13(9-17(15)23-4-2)11-20-19(26)21-14-6-8-16-18(10-14)25-12-24-16/h5-10H,3-4,11-12H2,1-2H3,(H2,20,21,26). The van der Waals surface area contributed by atoms with Crippen molar-refractivity contribution in [1.29, 1.82) is 0 Å². The van der Waals surface area contributed by atoms with Gasteiger partial charge in [0, 0.05) is 18.3 Å². The summed E-state index contributed by atoms with van der Waals surface area (Å²) in [6.07, 6.45) is 0. The van der Waals surface area contributed by atoms with E-state index in [0.29, 0.717) is 30.6 Å². The van der Waals surface area contributed by atoms with Gasteiger partial charge in [-0.25, -0.2) is 0 Å². The summed E-state index contributed by atoms with van der Waals surface area (Å²) in [4.78, 5) is 0. The van der Waals surface area contributed by atoms with E-state index in [1.165, 1.54) is 0 Å². The van der Waals surface area contributed by atoms with Crippen molar-refractivity contribution in [3.8, 4) is 23.0 Å². The van der Waals surface area contributed by atoms with Crippen molar-refractivity contribution < 1.29 is 18.9 Å². The largest absolute Gasteiger partial charge is 0.490 e. The van der Waals surface area contributed by atoms with Gasteiger partial charge in [0.25, 0.3) is 0 Å². The third-order valence-corrected chi connectivity index (χ3v) is 3.94. The number of hydrogen-bond donors (Lipinski definition) is 2. The molecule has 0 amide bonds. The Labute approximate surface area is 158 Å². The molecule has 7 heteroatoms. The molecule has 0 radical (unpaired) electrons. The Morgan fingerprint density at radius 1 is 1.00 bits per heavy atom. The maximum absolute atomic E-state index is 5.65. The normalized spacial score (nSPS) is 11.8. The summed E-state index contributed by atoms with van der Waals surface area (Å²) in [5, 5.41) is 6.85. The number of hydrogen-bond acceptors (Lipinski definition) is 5. The maximum Gasteiger partial charge on any atom is 0.231 e. The van der Waals surface area contributed by atoms with E-state index in [9.17, 15) is 0 Å².